The molecule has 3 aromatic heterocycles. The molecule has 0 spiro atoms. The molecule has 0 atom stereocenters. The number of furan rings is 1. The Kier molecular flexibility index (Phi) is 5.05. The normalized spacial score (nSPS) is 11.0. The molecule has 1 aromatic carbocycles. The first-order valence-corrected chi connectivity index (χ1v) is 9.08. The summed E-state index contributed by atoms with van der Waals surface area (Å²) in [6.07, 6.45) is 3.50. The number of carbonyl (C=O) groups excluding carboxylic acids is 1. The van der Waals surface area contributed by atoms with Gasteiger partial charge in [-0.05, 0) is 36.4 Å². The lowest BCUT2D eigenvalue weighted by Gasteiger charge is -2.21. The third-order valence-corrected chi connectivity index (χ3v) is 4.59. The van der Waals surface area contributed by atoms with E-state index in [4.69, 9.17) is 4.42 Å². The van der Waals surface area contributed by atoms with E-state index in [9.17, 15) is 9.59 Å². The van der Waals surface area contributed by atoms with E-state index < -0.39 is 0 Å². The van der Waals surface area contributed by atoms with Crippen molar-refractivity contribution in [2.24, 2.45) is 0 Å². The van der Waals surface area contributed by atoms with Gasteiger partial charge < -0.3 is 14.3 Å². The maximum atomic E-state index is 12.9. The summed E-state index contributed by atoms with van der Waals surface area (Å²) in [6.45, 7) is 1.03. The van der Waals surface area contributed by atoms with Crippen LogP contribution < -0.4 is 5.69 Å². The number of H-pyrrole nitrogens is 1. The Labute approximate surface area is 161 Å². The number of nitrogens with one attached hydrogen (secondary N) is 1. The Morgan fingerprint density at radius 2 is 1.93 bits per heavy atom. The van der Waals surface area contributed by atoms with Crippen LogP contribution in [0.1, 0.15) is 17.9 Å². The van der Waals surface area contributed by atoms with Crippen molar-refractivity contribution >= 4 is 16.9 Å². The fraction of sp³-hybridized carbons (Fsp3) is 0.190. The summed E-state index contributed by atoms with van der Waals surface area (Å²) < 4.78 is 7.00. The molecule has 142 valence electrons. The van der Waals surface area contributed by atoms with Crippen LogP contribution in [0.15, 0.2) is 76.3 Å². The van der Waals surface area contributed by atoms with Gasteiger partial charge in [-0.1, -0.05) is 18.2 Å². The zero-order valence-electron chi connectivity index (χ0n) is 15.2. The van der Waals surface area contributed by atoms with Crippen molar-refractivity contribution in [3.63, 3.8) is 0 Å². The highest BCUT2D eigenvalue weighted by Crippen LogP contribution is 2.13. The summed E-state index contributed by atoms with van der Waals surface area (Å²) in [5, 5.41) is 0. The molecule has 0 radical (unpaired) electrons. The van der Waals surface area contributed by atoms with E-state index in [0.29, 0.717) is 25.4 Å². The Hall–Kier alpha value is -3.61. The number of rotatable bonds is 7. The summed E-state index contributed by atoms with van der Waals surface area (Å²) >= 11 is 0. The van der Waals surface area contributed by atoms with E-state index in [1.54, 1.807) is 28.0 Å². The van der Waals surface area contributed by atoms with Crippen molar-refractivity contribution in [1.29, 1.82) is 0 Å². The molecule has 0 aliphatic carbocycles. The minimum Gasteiger partial charge on any atom is -0.467 e. The van der Waals surface area contributed by atoms with Gasteiger partial charge >= 0.3 is 5.69 Å². The predicted octanol–water partition coefficient (Wildman–Crippen LogP) is 2.94. The number of imidazole rings is 1. The topological polar surface area (TPSA) is 84.1 Å². The van der Waals surface area contributed by atoms with E-state index in [2.05, 4.69) is 9.97 Å². The van der Waals surface area contributed by atoms with E-state index in [1.807, 2.05) is 48.5 Å². The van der Waals surface area contributed by atoms with Crippen LogP contribution in [0.2, 0.25) is 0 Å². The summed E-state index contributed by atoms with van der Waals surface area (Å²) in [7, 11) is 0. The van der Waals surface area contributed by atoms with Gasteiger partial charge in [0.05, 0.1) is 36.1 Å². The molecule has 0 aliphatic heterocycles. The first kappa shape index (κ1) is 17.8. The highest BCUT2D eigenvalue weighted by Gasteiger charge is 2.17. The molecule has 28 heavy (non-hydrogen) atoms. The largest absolute Gasteiger partial charge is 0.467 e. The number of hydrogen-bond donors (Lipinski definition) is 1. The summed E-state index contributed by atoms with van der Waals surface area (Å²) in [5.74, 6) is 0.632. The Balaban J connectivity index is 1.51. The molecule has 1 N–H and O–H groups in total. The molecule has 0 aliphatic rings. The Morgan fingerprint density at radius 1 is 1.07 bits per heavy atom. The van der Waals surface area contributed by atoms with Gasteiger partial charge in [-0.25, -0.2) is 4.79 Å². The highest BCUT2D eigenvalue weighted by molar-refractivity contribution is 5.77. The molecule has 7 nitrogen and oxygen atoms in total. The molecule has 7 heteroatoms. The smallest absolute Gasteiger partial charge is 0.326 e. The minimum atomic E-state index is -0.212. The average Bonchev–Trinajstić information content (AvgIpc) is 3.33. The second kappa shape index (κ2) is 7.96. The monoisotopic (exact) mass is 376 g/mol. The van der Waals surface area contributed by atoms with Crippen LogP contribution in [-0.2, 0) is 24.4 Å². The number of fused-ring (bicyclic) bond motifs is 1. The number of para-hydroxylation sites is 2. The second-order valence-electron chi connectivity index (χ2n) is 6.50. The lowest BCUT2D eigenvalue weighted by Crippen LogP contribution is -2.31. The van der Waals surface area contributed by atoms with Gasteiger partial charge in [-0.3, -0.25) is 14.3 Å². The molecular formula is C21H20N4O3. The minimum absolute atomic E-state index is 0.0702. The fourth-order valence-electron chi connectivity index (χ4n) is 3.20. The van der Waals surface area contributed by atoms with Gasteiger partial charge in [0, 0.05) is 19.2 Å². The van der Waals surface area contributed by atoms with E-state index in [1.165, 1.54) is 0 Å². The van der Waals surface area contributed by atoms with Crippen LogP contribution >= 0.6 is 0 Å². The van der Waals surface area contributed by atoms with Gasteiger partial charge in [0.15, 0.2) is 0 Å². The van der Waals surface area contributed by atoms with Crippen molar-refractivity contribution in [2.75, 3.05) is 0 Å². The Bertz CT molecular complexity index is 1110. The maximum Gasteiger partial charge on any atom is 0.326 e. The van der Waals surface area contributed by atoms with Gasteiger partial charge in [0.25, 0.3) is 0 Å². The number of aryl methyl sites for hydroxylation is 1. The number of aromatic nitrogens is 3. The molecule has 3 heterocycles. The third-order valence-electron chi connectivity index (χ3n) is 4.59. The SMILES string of the molecule is O=C(CCn1c(=O)[nH]c2ccccc21)N(Cc1ccccn1)Cc1ccco1. The molecule has 0 saturated carbocycles. The number of amides is 1. The molecule has 0 fully saturated rings. The number of carbonyl (C=O) groups is 1. The van der Waals surface area contributed by atoms with Crippen molar-refractivity contribution in [2.45, 2.75) is 26.1 Å². The van der Waals surface area contributed by atoms with Crippen LogP contribution in [0.3, 0.4) is 0 Å². The first-order chi connectivity index (χ1) is 13.7. The summed E-state index contributed by atoms with van der Waals surface area (Å²) in [5.41, 5.74) is 2.14. The van der Waals surface area contributed by atoms with Gasteiger partial charge in [0.1, 0.15) is 5.76 Å². The lowest BCUT2D eigenvalue weighted by molar-refractivity contribution is -0.133. The van der Waals surface area contributed by atoms with Gasteiger partial charge in [-0.15, -0.1) is 0 Å². The van der Waals surface area contributed by atoms with Crippen molar-refractivity contribution in [3.8, 4) is 0 Å². The Morgan fingerprint density at radius 3 is 2.71 bits per heavy atom. The second-order valence-corrected chi connectivity index (χ2v) is 6.50. The van der Waals surface area contributed by atoms with E-state index in [-0.39, 0.29) is 18.0 Å². The zero-order chi connectivity index (χ0) is 19.3. The zero-order valence-corrected chi connectivity index (χ0v) is 15.2. The van der Waals surface area contributed by atoms with E-state index in [0.717, 1.165) is 16.7 Å². The molecule has 0 bridgehead atoms. The van der Waals surface area contributed by atoms with E-state index >= 15 is 0 Å². The summed E-state index contributed by atoms with van der Waals surface area (Å²) in [6, 6.07) is 16.7. The quantitative estimate of drug-likeness (QED) is 0.537. The summed E-state index contributed by atoms with van der Waals surface area (Å²) in [4.78, 5) is 34.0. The maximum absolute atomic E-state index is 12.9. The highest BCUT2D eigenvalue weighted by atomic mass is 16.3. The standard InChI is InChI=1S/C21H20N4O3/c26-20(10-12-25-19-9-2-1-8-18(19)23-21(25)27)24(15-17-7-5-13-28-17)14-16-6-3-4-11-22-16/h1-9,11,13H,10,12,14-15H2,(H,23,27). The van der Waals surface area contributed by atoms with Crippen LogP contribution in [0, 0.1) is 0 Å². The fourth-order valence-corrected chi connectivity index (χ4v) is 3.20. The van der Waals surface area contributed by atoms with Crippen molar-refractivity contribution < 1.29 is 9.21 Å². The van der Waals surface area contributed by atoms with Crippen LogP contribution in [0.25, 0.3) is 11.0 Å². The molecule has 4 rings (SSSR count). The predicted molar refractivity (Wildman–Crippen MR) is 104 cm³/mol. The van der Waals surface area contributed by atoms with Gasteiger partial charge in [0.2, 0.25) is 5.91 Å². The molecular weight excluding hydrogens is 356 g/mol. The number of aromatic amines is 1. The van der Waals surface area contributed by atoms with Crippen LogP contribution in [-0.4, -0.2) is 25.3 Å². The van der Waals surface area contributed by atoms with Crippen molar-refractivity contribution in [3.05, 3.63) is 89.0 Å². The number of benzene rings is 1. The van der Waals surface area contributed by atoms with Crippen LogP contribution in [0.5, 0.6) is 0 Å². The molecule has 4 aromatic rings. The molecule has 1 amide bonds. The third kappa shape index (κ3) is 3.88. The van der Waals surface area contributed by atoms with Crippen molar-refractivity contribution in [1.82, 2.24) is 19.4 Å². The number of nitrogens with zero attached hydrogens (tertiary/aromatic N) is 3. The lowest BCUT2D eigenvalue weighted by atomic mass is 10.2. The average molecular weight is 376 g/mol. The molecule has 0 unspecified atom stereocenters. The van der Waals surface area contributed by atoms with Gasteiger partial charge in [-0.2, -0.15) is 0 Å². The molecule has 0 saturated heterocycles. The number of pyridine rings is 1. The van der Waals surface area contributed by atoms with Crippen LogP contribution in [0.4, 0.5) is 0 Å². The number of hydrogen-bond acceptors (Lipinski definition) is 4. The first-order valence-electron chi connectivity index (χ1n) is 9.08.